The number of rotatable bonds is 6. The van der Waals surface area contributed by atoms with Crippen molar-refractivity contribution in [2.75, 3.05) is 33.3 Å². The molecule has 1 fully saturated rings. The van der Waals surface area contributed by atoms with Crippen LogP contribution in [-0.2, 0) is 17.8 Å². The average Bonchev–Trinajstić information content (AvgIpc) is 2.68. The fraction of sp³-hybridized carbons (Fsp3) is 0.429. The first-order valence-electron chi connectivity index (χ1n) is 9.20. The normalized spacial score (nSPS) is 15.1. The standard InChI is InChI=1S/C21H27N3O2/c1-17-6-5-11-22-19(17)16-23-12-14-24(15-13-23)21(25)10-9-18-7-3-4-8-20(18)26-2/h3-8,11H,9-10,12-16H2,1-2H3. The molecule has 0 radical (unpaired) electrons. The van der Waals surface area contributed by atoms with E-state index in [0.717, 1.165) is 56.2 Å². The number of aromatic nitrogens is 1. The van der Waals surface area contributed by atoms with Gasteiger partial charge >= 0.3 is 0 Å². The molecule has 1 saturated heterocycles. The summed E-state index contributed by atoms with van der Waals surface area (Å²) in [5, 5.41) is 0. The van der Waals surface area contributed by atoms with Crippen LogP contribution >= 0.6 is 0 Å². The Morgan fingerprint density at radius 1 is 1.12 bits per heavy atom. The maximum Gasteiger partial charge on any atom is 0.222 e. The van der Waals surface area contributed by atoms with E-state index >= 15 is 0 Å². The third-order valence-corrected chi connectivity index (χ3v) is 5.02. The van der Waals surface area contributed by atoms with Crippen LogP contribution in [0, 0.1) is 6.92 Å². The topological polar surface area (TPSA) is 45.7 Å². The highest BCUT2D eigenvalue weighted by Crippen LogP contribution is 2.19. The summed E-state index contributed by atoms with van der Waals surface area (Å²) in [6, 6.07) is 12.0. The Hall–Kier alpha value is -2.40. The van der Waals surface area contributed by atoms with E-state index in [9.17, 15) is 4.79 Å². The number of ether oxygens (including phenoxy) is 1. The van der Waals surface area contributed by atoms with E-state index in [1.165, 1.54) is 5.56 Å². The zero-order chi connectivity index (χ0) is 18.4. The number of piperazine rings is 1. The molecule has 0 unspecified atom stereocenters. The average molecular weight is 353 g/mol. The number of carbonyl (C=O) groups is 1. The Bertz CT molecular complexity index is 740. The number of hydrogen-bond donors (Lipinski definition) is 0. The van der Waals surface area contributed by atoms with Crippen molar-refractivity contribution in [3.63, 3.8) is 0 Å². The van der Waals surface area contributed by atoms with Gasteiger partial charge in [0.2, 0.25) is 5.91 Å². The minimum Gasteiger partial charge on any atom is -0.496 e. The lowest BCUT2D eigenvalue weighted by Crippen LogP contribution is -2.48. The quantitative estimate of drug-likeness (QED) is 0.801. The van der Waals surface area contributed by atoms with Crippen LogP contribution in [-0.4, -0.2) is 54.0 Å². The molecule has 1 aromatic carbocycles. The first-order chi connectivity index (χ1) is 12.7. The Balaban J connectivity index is 1.47. The van der Waals surface area contributed by atoms with Crippen LogP contribution in [0.5, 0.6) is 5.75 Å². The van der Waals surface area contributed by atoms with Crippen LogP contribution in [0.2, 0.25) is 0 Å². The van der Waals surface area contributed by atoms with Gasteiger partial charge in [0, 0.05) is 45.3 Å². The first-order valence-corrected chi connectivity index (χ1v) is 9.20. The van der Waals surface area contributed by atoms with E-state index in [0.29, 0.717) is 6.42 Å². The van der Waals surface area contributed by atoms with E-state index in [1.54, 1.807) is 7.11 Å². The monoisotopic (exact) mass is 353 g/mol. The maximum absolute atomic E-state index is 12.5. The van der Waals surface area contributed by atoms with Gasteiger partial charge in [-0.2, -0.15) is 0 Å². The second kappa shape index (κ2) is 8.81. The Morgan fingerprint density at radius 2 is 1.88 bits per heavy atom. The second-order valence-corrected chi connectivity index (χ2v) is 6.74. The molecule has 0 spiro atoms. The molecule has 2 heterocycles. The maximum atomic E-state index is 12.5. The SMILES string of the molecule is COc1ccccc1CCC(=O)N1CCN(Cc2ncccc2C)CC1. The van der Waals surface area contributed by atoms with Crippen molar-refractivity contribution in [2.45, 2.75) is 26.3 Å². The van der Waals surface area contributed by atoms with Gasteiger partial charge in [0.25, 0.3) is 0 Å². The summed E-state index contributed by atoms with van der Waals surface area (Å²) in [7, 11) is 1.67. The molecule has 5 nitrogen and oxygen atoms in total. The predicted octanol–water partition coefficient (Wildman–Crippen LogP) is 2.68. The van der Waals surface area contributed by atoms with Crippen molar-refractivity contribution >= 4 is 5.91 Å². The number of carbonyl (C=O) groups excluding carboxylic acids is 1. The lowest BCUT2D eigenvalue weighted by Gasteiger charge is -2.34. The molecule has 0 saturated carbocycles. The summed E-state index contributed by atoms with van der Waals surface area (Å²) in [5.41, 5.74) is 3.44. The van der Waals surface area contributed by atoms with E-state index in [1.807, 2.05) is 41.4 Å². The van der Waals surface area contributed by atoms with Crippen molar-refractivity contribution < 1.29 is 9.53 Å². The molecule has 3 rings (SSSR count). The van der Waals surface area contributed by atoms with E-state index in [-0.39, 0.29) is 5.91 Å². The number of nitrogens with zero attached hydrogens (tertiary/aromatic N) is 3. The Morgan fingerprint density at radius 3 is 2.62 bits per heavy atom. The van der Waals surface area contributed by atoms with Crippen molar-refractivity contribution in [1.82, 2.24) is 14.8 Å². The highest BCUT2D eigenvalue weighted by atomic mass is 16.5. The lowest BCUT2D eigenvalue weighted by molar-refractivity contribution is -0.133. The van der Waals surface area contributed by atoms with Gasteiger partial charge in [-0.1, -0.05) is 24.3 Å². The predicted molar refractivity (Wildman–Crippen MR) is 102 cm³/mol. The molecule has 0 bridgehead atoms. The van der Waals surface area contributed by atoms with Gasteiger partial charge in [0.05, 0.1) is 12.8 Å². The molecule has 1 aliphatic rings. The third kappa shape index (κ3) is 4.61. The number of benzene rings is 1. The molecule has 1 aromatic heterocycles. The molecular formula is C21H27N3O2. The van der Waals surface area contributed by atoms with Crippen molar-refractivity contribution in [1.29, 1.82) is 0 Å². The van der Waals surface area contributed by atoms with Crippen LogP contribution in [0.3, 0.4) is 0 Å². The van der Waals surface area contributed by atoms with E-state index in [2.05, 4.69) is 22.9 Å². The number of amides is 1. The number of methoxy groups -OCH3 is 1. The largest absolute Gasteiger partial charge is 0.496 e. The Labute approximate surface area is 155 Å². The number of pyridine rings is 1. The molecule has 1 amide bonds. The van der Waals surface area contributed by atoms with Crippen LogP contribution < -0.4 is 4.74 Å². The van der Waals surface area contributed by atoms with Crippen molar-refractivity contribution in [3.05, 3.63) is 59.4 Å². The molecule has 1 aliphatic heterocycles. The molecule has 0 aliphatic carbocycles. The fourth-order valence-corrected chi connectivity index (χ4v) is 3.36. The van der Waals surface area contributed by atoms with Crippen molar-refractivity contribution in [2.24, 2.45) is 0 Å². The van der Waals surface area contributed by atoms with Gasteiger partial charge in [0.15, 0.2) is 0 Å². The molecule has 0 atom stereocenters. The second-order valence-electron chi connectivity index (χ2n) is 6.74. The molecule has 2 aromatic rings. The molecule has 5 heteroatoms. The van der Waals surface area contributed by atoms with Gasteiger partial charge in [-0.05, 0) is 36.6 Å². The van der Waals surface area contributed by atoms with E-state index < -0.39 is 0 Å². The highest BCUT2D eigenvalue weighted by Gasteiger charge is 2.21. The molecule has 138 valence electrons. The summed E-state index contributed by atoms with van der Waals surface area (Å²) in [4.78, 5) is 21.4. The minimum absolute atomic E-state index is 0.226. The van der Waals surface area contributed by atoms with Crippen LogP contribution in [0.4, 0.5) is 0 Å². The summed E-state index contributed by atoms with van der Waals surface area (Å²) in [5.74, 6) is 1.08. The number of para-hydroxylation sites is 1. The summed E-state index contributed by atoms with van der Waals surface area (Å²) in [6.45, 7) is 6.33. The summed E-state index contributed by atoms with van der Waals surface area (Å²) >= 11 is 0. The van der Waals surface area contributed by atoms with Crippen LogP contribution in [0.25, 0.3) is 0 Å². The number of aryl methyl sites for hydroxylation is 2. The third-order valence-electron chi connectivity index (χ3n) is 5.02. The Kier molecular flexibility index (Phi) is 6.23. The number of hydrogen-bond acceptors (Lipinski definition) is 4. The van der Waals surface area contributed by atoms with Gasteiger partial charge in [-0.3, -0.25) is 14.7 Å². The first kappa shape index (κ1) is 18.4. The molecule has 26 heavy (non-hydrogen) atoms. The fourth-order valence-electron chi connectivity index (χ4n) is 3.36. The summed E-state index contributed by atoms with van der Waals surface area (Å²) < 4.78 is 5.37. The summed E-state index contributed by atoms with van der Waals surface area (Å²) in [6.07, 6.45) is 3.09. The van der Waals surface area contributed by atoms with Gasteiger partial charge in [-0.25, -0.2) is 0 Å². The smallest absolute Gasteiger partial charge is 0.222 e. The van der Waals surface area contributed by atoms with Crippen molar-refractivity contribution in [3.8, 4) is 5.75 Å². The highest BCUT2D eigenvalue weighted by molar-refractivity contribution is 5.76. The van der Waals surface area contributed by atoms with Crippen LogP contribution in [0.15, 0.2) is 42.6 Å². The van der Waals surface area contributed by atoms with Gasteiger partial charge in [-0.15, -0.1) is 0 Å². The van der Waals surface area contributed by atoms with E-state index in [4.69, 9.17) is 4.74 Å². The molecule has 0 N–H and O–H groups in total. The van der Waals surface area contributed by atoms with Crippen LogP contribution in [0.1, 0.15) is 23.2 Å². The molecular weight excluding hydrogens is 326 g/mol. The lowest BCUT2D eigenvalue weighted by atomic mass is 10.1. The van der Waals surface area contributed by atoms with Gasteiger partial charge in [0.1, 0.15) is 5.75 Å². The van der Waals surface area contributed by atoms with Gasteiger partial charge < -0.3 is 9.64 Å². The minimum atomic E-state index is 0.226. The zero-order valence-electron chi connectivity index (χ0n) is 15.6. The zero-order valence-corrected chi connectivity index (χ0v) is 15.6.